The van der Waals surface area contributed by atoms with Crippen LogP contribution in [0.2, 0.25) is 0 Å². The molecule has 1 atom stereocenters. The number of aliphatic hydroxyl groups is 1. The highest BCUT2D eigenvalue weighted by Crippen LogP contribution is 2.39. The second-order valence-electron chi connectivity index (χ2n) is 7.40. The number of para-hydroxylation sites is 1. The maximum absolute atomic E-state index is 12.5. The Bertz CT molecular complexity index is 803. The molecule has 0 saturated heterocycles. The Labute approximate surface area is 173 Å². The van der Waals surface area contributed by atoms with E-state index < -0.39 is 35.9 Å². The summed E-state index contributed by atoms with van der Waals surface area (Å²) in [6, 6.07) is 5.56. The Kier molecular flexibility index (Phi) is 8.30. The number of ketones is 1. The molecular weight excluding hydrogens is 401 g/mol. The van der Waals surface area contributed by atoms with Crippen LogP contribution in [-0.2, 0) is 14.3 Å². The van der Waals surface area contributed by atoms with Crippen molar-refractivity contribution in [2.75, 3.05) is 7.11 Å². The molecule has 1 N–H and O–H groups in total. The van der Waals surface area contributed by atoms with Gasteiger partial charge < -0.3 is 14.6 Å². The van der Waals surface area contributed by atoms with Crippen molar-refractivity contribution in [2.45, 2.75) is 63.3 Å². The van der Waals surface area contributed by atoms with Crippen molar-refractivity contribution >= 4 is 11.8 Å². The lowest BCUT2D eigenvalue weighted by Gasteiger charge is -2.33. The Morgan fingerprint density at radius 3 is 2.50 bits per heavy atom. The second-order valence-corrected chi connectivity index (χ2v) is 7.40. The van der Waals surface area contributed by atoms with Crippen LogP contribution in [0.15, 0.2) is 24.3 Å². The number of ether oxygens (including phenoxy) is 2. The zero-order valence-corrected chi connectivity index (χ0v) is 16.8. The SMILES string of the molecule is COC(=O)CC(=O)CC(O)(CCC#Cc1ccccc1OC(F)(F)F)C1CCCC1. The van der Waals surface area contributed by atoms with Gasteiger partial charge in [0, 0.05) is 12.8 Å². The summed E-state index contributed by atoms with van der Waals surface area (Å²) in [6.45, 7) is 0. The zero-order chi connectivity index (χ0) is 22.2. The van der Waals surface area contributed by atoms with Gasteiger partial charge in [0.1, 0.15) is 18.0 Å². The first-order chi connectivity index (χ1) is 14.1. The lowest BCUT2D eigenvalue weighted by Crippen LogP contribution is -2.39. The van der Waals surface area contributed by atoms with Gasteiger partial charge in [-0.1, -0.05) is 36.8 Å². The fraction of sp³-hybridized carbons (Fsp3) is 0.545. The topological polar surface area (TPSA) is 72.8 Å². The average Bonchev–Trinajstić information content (AvgIpc) is 3.20. The lowest BCUT2D eigenvalue weighted by atomic mass is 9.78. The Morgan fingerprint density at radius 2 is 1.87 bits per heavy atom. The highest BCUT2D eigenvalue weighted by molar-refractivity contribution is 5.95. The van der Waals surface area contributed by atoms with Crippen molar-refractivity contribution in [1.29, 1.82) is 0 Å². The molecule has 164 valence electrons. The van der Waals surface area contributed by atoms with E-state index in [2.05, 4.69) is 21.3 Å². The first-order valence-corrected chi connectivity index (χ1v) is 9.77. The van der Waals surface area contributed by atoms with Crippen LogP contribution >= 0.6 is 0 Å². The fourth-order valence-corrected chi connectivity index (χ4v) is 3.76. The molecule has 1 aliphatic rings. The van der Waals surface area contributed by atoms with Crippen LogP contribution in [-0.4, -0.2) is 35.9 Å². The van der Waals surface area contributed by atoms with E-state index in [1.807, 2.05) is 0 Å². The molecule has 0 heterocycles. The molecule has 2 rings (SSSR count). The molecule has 1 fully saturated rings. The summed E-state index contributed by atoms with van der Waals surface area (Å²) in [5, 5.41) is 11.2. The molecule has 1 aliphatic carbocycles. The normalized spacial score (nSPS) is 16.3. The number of alkyl halides is 3. The molecule has 1 unspecified atom stereocenters. The van der Waals surface area contributed by atoms with Crippen LogP contribution < -0.4 is 4.74 Å². The lowest BCUT2D eigenvalue weighted by molar-refractivity contribution is -0.274. The highest BCUT2D eigenvalue weighted by Gasteiger charge is 2.39. The Morgan fingerprint density at radius 1 is 1.20 bits per heavy atom. The molecule has 8 heteroatoms. The van der Waals surface area contributed by atoms with Gasteiger partial charge in [-0.3, -0.25) is 9.59 Å². The van der Waals surface area contributed by atoms with E-state index in [1.54, 1.807) is 6.07 Å². The third-order valence-electron chi connectivity index (χ3n) is 5.21. The standard InChI is InChI=1S/C22H25F3O5/c1-29-20(27)14-18(26)15-21(28,17-10-3-4-11-17)13-7-6-9-16-8-2-5-12-19(16)30-22(23,24)25/h2,5,8,12,17,28H,3-4,7,10-11,13-15H2,1H3. The van der Waals surface area contributed by atoms with E-state index in [1.165, 1.54) is 25.3 Å². The fourth-order valence-electron chi connectivity index (χ4n) is 3.76. The smallest absolute Gasteiger partial charge is 0.469 e. The zero-order valence-electron chi connectivity index (χ0n) is 16.8. The number of carbonyl (C=O) groups is 2. The summed E-state index contributed by atoms with van der Waals surface area (Å²) in [6.07, 6.45) is -1.59. The van der Waals surface area contributed by atoms with Gasteiger partial charge in [0.15, 0.2) is 0 Å². The maximum atomic E-state index is 12.5. The molecule has 0 radical (unpaired) electrons. The van der Waals surface area contributed by atoms with Gasteiger partial charge in [0.05, 0.1) is 18.3 Å². The monoisotopic (exact) mass is 426 g/mol. The first-order valence-electron chi connectivity index (χ1n) is 9.77. The first kappa shape index (κ1) is 23.7. The minimum atomic E-state index is -4.82. The van der Waals surface area contributed by atoms with Gasteiger partial charge in [-0.25, -0.2) is 0 Å². The van der Waals surface area contributed by atoms with Crippen molar-refractivity contribution in [1.82, 2.24) is 0 Å². The van der Waals surface area contributed by atoms with Crippen molar-refractivity contribution in [3.8, 4) is 17.6 Å². The average molecular weight is 426 g/mol. The quantitative estimate of drug-likeness (QED) is 0.384. The summed E-state index contributed by atoms with van der Waals surface area (Å²) in [4.78, 5) is 23.5. The Hall–Kier alpha value is -2.53. The number of methoxy groups -OCH3 is 1. The number of carbonyl (C=O) groups excluding carboxylic acids is 2. The predicted molar refractivity (Wildman–Crippen MR) is 102 cm³/mol. The van der Waals surface area contributed by atoms with Crippen molar-refractivity contribution in [3.05, 3.63) is 29.8 Å². The number of halogens is 3. The molecule has 0 amide bonds. The van der Waals surface area contributed by atoms with Crippen molar-refractivity contribution < 1.29 is 37.3 Å². The number of hydrogen-bond acceptors (Lipinski definition) is 5. The molecule has 1 saturated carbocycles. The van der Waals surface area contributed by atoms with Gasteiger partial charge in [-0.2, -0.15) is 0 Å². The summed E-state index contributed by atoms with van der Waals surface area (Å²) in [5.41, 5.74) is -1.22. The molecule has 30 heavy (non-hydrogen) atoms. The van der Waals surface area contributed by atoms with E-state index in [0.717, 1.165) is 25.7 Å². The molecule has 0 bridgehead atoms. The molecule has 1 aromatic carbocycles. The van der Waals surface area contributed by atoms with E-state index in [0.29, 0.717) is 0 Å². The minimum absolute atomic E-state index is 0.0817. The van der Waals surface area contributed by atoms with Crippen LogP contribution in [0.25, 0.3) is 0 Å². The van der Waals surface area contributed by atoms with Crippen LogP contribution in [0.3, 0.4) is 0 Å². The summed E-state index contributed by atoms with van der Waals surface area (Å²) < 4.78 is 46.0. The van der Waals surface area contributed by atoms with Crippen molar-refractivity contribution in [2.24, 2.45) is 5.92 Å². The third-order valence-corrected chi connectivity index (χ3v) is 5.21. The summed E-state index contributed by atoms with van der Waals surface area (Å²) in [5.74, 6) is 3.88. The van der Waals surface area contributed by atoms with Gasteiger partial charge in [0.2, 0.25) is 0 Å². The van der Waals surface area contributed by atoms with Crippen LogP contribution in [0.5, 0.6) is 5.75 Å². The summed E-state index contributed by atoms with van der Waals surface area (Å²) >= 11 is 0. The molecule has 0 spiro atoms. The van der Waals surface area contributed by atoms with Gasteiger partial charge in [-0.15, -0.1) is 13.2 Å². The summed E-state index contributed by atoms with van der Waals surface area (Å²) in [7, 11) is 1.19. The third kappa shape index (κ3) is 7.38. The number of esters is 1. The van der Waals surface area contributed by atoms with Crippen LogP contribution in [0.1, 0.15) is 56.9 Å². The van der Waals surface area contributed by atoms with E-state index in [9.17, 15) is 27.9 Å². The van der Waals surface area contributed by atoms with E-state index >= 15 is 0 Å². The van der Waals surface area contributed by atoms with Crippen LogP contribution in [0, 0.1) is 17.8 Å². The number of benzene rings is 1. The minimum Gasteiger partial charge on any atom is -0.469 e. The number of Topliss-reactive ketones (excluding diaryl/α,β-unsaturated/α-hetero) is 1. The van der Waals surface area contributed by atoms with Crippen molar-refractivity contribution in [3.63, 3.8) is 0 Å². The number of rotatable bonds is 8. The molecule has 1 aromatic rings. The van der Waals surface area contributed by atoms with Gasteiger partial charge in [-0.05, 0) is 37.3 Å². The van der Waals surface area contributed by atoms with Gasteiger partial charge >= 0.3 is 12.3 Å². The Balaban J connectivity index is 2.07. The van der Waals surface area contributed by atoms with E-state index in [-0.39, 0.29) is 30.7 Å². The molecule has 0 aliphatic heterocycles. The largest absolute Gasteiger partial charge is 0.573 e. The molecular formula is C22H25F3O5. The second kappa shape index (κ2) is 10.5. The number of hydrogen-bond donors (Lipinski definition) is 1. The molecule has 5 nitrogen and oxygen atoms in total. The van der Waals surface area contributed by atoms with Crippen LogP contribution in [0.4, 0.5) is 13.2 Å². The molecule has 0 aromatic heterocycles. The highest BCUT2D eigenvalue weighted by atomic mass is 19.4. The maximum Gasteiger partial charge on any atom is 0.573 e. The van der Waals surface area contributed by atoms with E-state index in [4.69, 9.17) is 0 Å². The van der Waals surface area contributed by atoms with Gasteiger partial charge in [0.25, 0.3) is 0 Å². The predicted octanol–water partition coefficient (Wildman–Crippen LogP) is 4.16.